The summed E-state index contributed by atoms with van der Waals surface area (Å²) in [7, 11) is -3.14. The second-order valence-corrected chi connectivity index (χ2v) is 8.89. The van der Waals surface area contributed by atoms with Crippen molar-refractivity contribution in [3.63, 3.8) is 0 Å². The average Bonchev–Trinajstić information content (AvgIpc) is 3.04. The summed E-state index contributed by atoms with van der Waals surface area (Å²) in [6.45, 7) is 0.641. The number of thiophene rings is 1. The molecule has 1 atom stereocenters. The van der Waals surface area contributed by atoms with Gasteiger partial charge in [0.05, 0.1) is 6.04 Å². The van der Waals surface area contributed by atoms with Crippen LogP contribution < -0.4 is 0 Å². The molecule has 0 bridgehead atoms. The highest BCUT2D eigenvalue weighted by Crippen LogP contribution is 2.49. The van der Waals surface area contributed by atoms with Crippen molar-refractivity contribution < 1.29 is 8.42 Å². The summed E-state index contributed by atoms with van der Waals surface area (Å²) in [5, 5.41) is 2.09. The number of halogens is 1. The Kier molecular flexibility index (Phi) is 3.09. The Morgan fingerprint density at radius 2 is 2.24 bits per heavy atom. The molecule has 0 radical (unpaired) electrons. The maximum absolute atomic E-state index is 12.1. The van der Waals surface area contributed by atoms with Crippen LogP contribution in [0.5, 0.6) is 0 Å². The van der Waals surface area contributed by atoms with Gasteiger partial charge in [0.15, 0.2) is 0 Å². The lowest BCUT2D eigenvalue weighted by Crippen LogP contribution is -2.40. The van der Waals surface area contributed by atoms with Crippen molar-refractivity contribution in [2.75, 3.05) is 11.2 Å². The van der Waals surface area contributed by atoms with Crippen LogP contribution in [0.25, 0.3) is 0 Å². The monoisotopic (exact) mass is 335 g/mol. The lowest BCUT2D eigenvalue weighted by molar-refractivity contribution is 0.284. The van der Waals surface area contributed by atoms with Gasteiger partial charge in [-0.1, -0.05) is 15.9 Å². The van der Waals surface area contributed by atoms with Crippen LogP contribution in [0.15, 0.2) is 11.4 Å². The third-order valence-corrected chi connectivity index (χ3v) is 7.66. The van der Waals surface area contributed by atoms with E-state index in [-0.39, 0.29) is 10.7 Å². The largest absolute Gasteiger partial charge is 0.224 e. The van der Waals surface area contributed by atoms with Gasteiger partial charge in [-0.05, 0) is 42.2 Å². The summed E-state index contributed by atoms with van der Waals surface area (Å²) in [5.74, 6) is 0.539. The number of rotatable bonds is 3. The molecule has 0 amide bonds. The van der Waals surface area contributed by atoms with Crippen LogP contribution in [0, 0.1) is 5.92 Å². The first-order valence-electron chi connectivity index (χ1n) is 5.75. The van der Waals surface area contributed by atoms with E-state index < -0.39 is 10.0 Å². The molecular formula is C11H14BrNO2S2. The van der Waals surface area contributed by atoms with Gasteiger partial charge < -0.3 is 0 Å². The van der Waals surface area contributed by atoms with E-state index in [1.54, 1.807) is 15.6 Å². The normalized spacial score (nSPS) is 25.8. The van der Waals surface area contributed by atoms with Gasteiger partial charge in [0.1, 0.15) is 4.66 Å². The minimum atomic E-state index is -3.14. The summed E-state index contributed by atoms with van der Waals surface area (Å²) < 4.78 is 26.0. The summed E-state index contributed by atoms with van der Waals surface area (Å²) in [6, 6.07) is 2.21. The second-order valence-electron chi connectivity index (χ2n) is 4.66. The van der Waals surface area contributed by atoms with E-state index >= 15 is 0 Å². The van der Waals surface area contributed by atoms with Crippen molar-refractivity contribution in [1.29, 1.82) is 0 Å². The van der Waals surface area contributed by atoms with Crippen LogP contribution in [0.1, 0.15) is 29.3 Å². The quantitative estimate of drug-likeness (QED) is 0.796. The lowest BCUT2D eigenvalue weighted by atomic mass is 9.98. The standard InChI is InChI=1S/C11H14BrNO2S2/c12-7-17(14,15)13-5-3-10-9(4-6-16-10)11(13)8-1-2-8/h4,6,8,11H,1-3,5,7H2. The Bertz CT molecular complexity index is 521. The van der Waals surface area contributed by atoms with Crippen molar-refractivity contribution in [3.8, 4) is 0 Å². The van der Waals surface area contributed by atoms with Crippen LogP contribution in [-0.2, 0) is 16.4 Å². The molecule has 6 heteroatoms. The van der Waals surface area contributed by atoms with E-state index in [1.807, 2.05) is 0 Å². The predicted octanol–water partition coefficient (Wildman–Crippen LogP) is 2.74. The molecule has 1 aromatic heterocycles. The summed E-state index contributed by atoms with van der Waals surface area (Å²) in [6.07, 6.45) is 3.19. The molecule has 1 aliphatic carbocycles. The number of fused-ring (bicyclic) bond motifs is 1. The molecule has 17 heavy (non-hydrogen) atoms. The Morgan fingerprint density at radius 1 is 1.47 bits per heavy atom. The highest BCUT2D eigenvalue weighted by molar-refractivity contribution is 9.10. The molecule has 2 heterocycles. The highest BCUT2D eigenvalue weighted by atomic mass is 79.9. The first kappa shape index (κ1) is 12.1. The van der Waals surface area contributed by atoms with Crippen LogP contribution in [0.4, 0.5) is 0 Å². The fraction of sp³-hybridized carbons (Fsp3) is 0.636. The van der Waals surface area contributed by atoms with E-state index in [0.29, 0.717) is 12.5 Å². The molecule has 3 rings (SSSR count). The molecule has 1 aromatic rings. The van der Waals surface area contributed by atoms with Gasteiger partial charge in [0.2, 0.25) is 10.0 Å². The Balaban J connectivity index is 2.02. The van der Waals surface area contributed by atoms with Crippen molar-refractivity contribution in [2.45, 2.75) is 25.3 Å². The minimum absolute atomic E-state index is 0.0304. The number of sulfonamides is 1. The van der Waals surface area contributed by atoms with Crippen LogP contribution >= 0.6 is 27.3 Å². The van der Waals surface area contributed by atoms with Crippen molar-refractivity contribution in [3.05, 3.63) is 21.9 Å². The first-order chi connectivity index (χ1) is 8.13. The molecule has 1 fully saturated rings. The molecule has 1 aliphatic heterocycles. The SMILES string of the molecule is O=S(=O)(CBr)N1CCc2sccc2C1C1CC1. The van der Waals surface area contributed by atoms with E-state index in [0.717, 1.165) is 19.3 Å². The topological polar surface area (TPSA) is 37.4 Å². The molecular weight excluding hydrogens is 322 g/mol. The summed E-state index contributed by atoms with van der Waals surface area (Å²) >= 11 is 4.87. The molecule has 1 saturated carbocycles. The van der Waals surface area contributed by atoms with Gasteiger partial charge in [-0.25, -0.2) is 8.42 Å². The Hall–Kier alpha value is 0.0900. The Labute approximate surface area is 114 Å². The van der Waals surface area contributed by atoms with Gasteiger partial charge in [-0.15, -0.1) is 11.3 Å². The molecule has 94 valence electrons. The zero-order chi connectivity index (χ0) is 12.0. The maximum Gasteiger partial charge on any atom is 0.224 e. The van der Waals surface area contributed by atoms with Crippen molar-refractivity contribution in [2.24, 2.45) is 5.92 Å². The maximum atomic E-state index is 12.1. The van der Waals surface area contributed by atoms with Crippen LogP contribution in [0.3, 0.4) is 0 Å². The smallest absolute Gasteiger partial charge is 0.211 e. The van der Waals surface area contributed by atoms with Gasteiger partial charge in [0, 0.05) is 11.4 Å². The number of alkyl halides is 1. The molecule has 0 saturated heterocycles. The molecule has 3 nitrogen and oxygen atoms in total. The van der Waals surface area contributed by atoms with Crippen LogP contribution in [-0.4, -0.2) is 23.9 Å². The van der Waals surface area contributed by atoms with Crippen molar-refractivity contribution in [1.82, 2.24) is 4.31 Å². The van der Waals surface area contributed by atoms with Gasteiger partial charge in [-0.3, -0.25) is 0 Å². The second kappa shape index (κ2) is 4.33. The molecule has 1 unspecified atom stereocenters. The fourth-order valence-electron chi connectivity index (χ4n) is 2.60. The zero-order valence-electron chi connectivity index (χ0n) is 9.30. The van der Waals surface area contributed by atoms with E-state index in [9.17, 15) is 8.42 Å². The predicted molar refractivity (Wildman–Crippen MR) is 72.9 cm³/mol. The zero-order valence-corrected chi connectivity index (χ0v) is 12.5. The van der Waals surface area contributed by atoms with Crippen molar-refractivity contribution >= 4 is 37.3 Å². The minimum Gasteiger partial charge on any atom is -0.211 e. The number of hydrogen-bond acceptors (Lipinski definition) is 3. The van der Waals surface area contributed by atoms with E-state index in [1.165, 1.54) is 10.4 Å². The first-order valence-corrected chi connectivity index (χ1v) is 9.36. The average molecular weight is 336 g/mol. The van der Waals surface area contributed by atoms with Gasteiger partial charge >= 0.3 is 0 Å². The van der Waals surface area contributed by atoms with Gasteiger partial charge in [0.25, 0.3) is 0 Å². The highest BCUT2D eigenvalue weighted by Gasteiger charge is 2.44. The number of hydrogen-bond donors (Lipinski definition) is 0. The molecule has 0 spiro atoms. The Morgan fingerprint density at radius 3 is 2.88 bits per heavy atom. The molecule has 0 aromatic carbocycles. The van der Waals surface area contributed by atoms with Crippen LogP contribution in [0.2, 0.25) is 0 Å². The number of nitrogens with zero attached hydrogens (tertiary/aromatic N) is 1. The third kappa shape index (κ3) is 2.09. The molecule has 0 N–H and O–H groups in total. The lowest BCUT2D eigenvalue weighted by Gasteiger charge is -2.34. The third-order valence-electron chi connectivity index (χ3n) is 3.53. The molecule has 2 aliphatic rings. The van der Waals surface area contributed by atoms with E-state index in [2.05, 4.69) is 27.4 Å². The summed E-state index contributed by atoms with van der Waals surface area (Å²) in [5.41, 5.74) is 1.26. The van der Waals surface area contributed by atoms with E-state index in [4.69, 9.17) is 0 Å². The van der Waals surface area contributed by atoms with Gasteiger partial charge in [-0.2, -0.15) is 4.31 Å². The summed E-state index contributed by atoms with van der Waals surface area (Å²) in [4.78, 5) is 1.38. The fourth-order valence-corrected chi connectivity index (χ4v) is 5.43.